The number of unbranched alkanes of at least 4 members (excludes halogenated alkanes) is 26. The van der Waals surface area contributed by atoms with Crippen molar-refractivity contribution in [2.75, 3.05) is 13.2 Å². The van der Waals surface area contributed by atoms with E-state index in [2.05, 4.69) is 69.4 Å². The lowest BCUT2D eigenvalue weighted by atomic mass is 10.1. The minimum atomic E-state index is -0.781. The van der Waals surface area contributed by atoms with Crippen LogP contribution in [-0.2, 0) is 28.6 Å². The summed E-state index contributed by atoms with van der Waals surface area (Å²) in [6.45, 7) is 6.54. The van der Waals surface area contributed by atoms with E-state index in [1.165, 1.54) is 122 Å². The molecule has 0 rings (SSSR count). The molecule has 0 radical (unpaired) electrons. The number of esters is 3. The molecule has 0 aliphatic heterocycles. The van der Waals surface area contributed by atoms with Gasteiger partial charge in [0.2, 0.25) is 0 Å². The fraction of sp³-hybridized carbons (Fsp3) is 0.792. The van der Waals surface area contributed by atoms with E-state index < -0.39 is 6.10 Å². The van der Waals surface area contributed by atoms with Gasteiger partial charge in [0, 0.05) is 19.3 Å². The van der Waals surface area contributed by atoms with Crippen molar-refractivity contribution < 1.29 is 28.6 Å². The zero-order chi connectivity index (χ0) is 43.0. The molecular formula is C53H94O6. The van der Waals surface area contributed by atoms with Crippen LogP contribution in [0.5, 0.6) is 0 Å². The number of carbonyl (C=O) groups is 3. The van der Waals surface area contributed by atoms with Gasteiger partial charge < -0.3 is 14.2 Å². The van der Waals surface area contributed by atoms with Crippen LogP contribution in [0, 0.1) is 0 Å². The van der Waals surface area contributed by atoms with Gasteiger partial charge in [-0.2, -0.15) is 0 Å². The molecule has 0 amide bonds. The van der Waals surface area contributed by atoms with E-state index in [1.807, 2.05) is 0 Å². The number of hydrogen-bond acceptors (Lipinski definition) is 6. The Hall–Kier alpha value is -2.63. The van der Waals surface area contributed by atoms with Gasteiger partial charge in [-0.05, 0) is 96.3 Å². The van der Waals surface area contributed by atoms with Crippen LogP contribution in [-0.4, -0.2) is 37.2 Å². The fourth-order valence-corrected chi connectivity index (χ4v) is 6.92. The van der Waals surface area contributed by atoms with Crippen molar-refractivity contribution >= 4 is 17.9 Å². The highest BCUT2D eigenvalue weighted by Crippen LogP contribution is 2.14. The summed E-state index contributed by atoms with van der Waals surface area (Å²) in [5, 5.41) is 0. The molecule has 0 aliphatic carbocycles. The van der Waals surface area contributed by atoms with Crippen molar-refractivity contribution in [3.05, 3.63) is 48.6 Å². The third kappa shape index (κ3) is 46.3. The average molecular weight is 827 g/mol. The zero-order valence-corrected chi connectivity index (χ0v) is 39.0. The van der Waals surface area contributed by atoms with Crippen molar-refractivity contribution in [3.63, 3.8) is 0 Å². The lowest BCUT2D eigenvalue weighted by Crippen LogP contribution is -2.30. The van der Waals surface area contributed by atoms with Gasteiger partial charge in [-0.1, -0.05) is 185 Å². The first-order chi connectivity index (χ1) is 29.0. The van der Waals surface area contributed by atoms with Crippen LogP contribution >= 0.6 is 0 Å². The van der Waals surface area contributed by atoms with E-state index >= 15 is 0 Å². The quantitative estimate of drug-likeness (QED) is 0.0263. The Balaban J connectivity index is 4.35. The van der Waals surface area contributed by atoms with Gasteiger partial charge in [0.25, 0.3) is 0 Å². The molecule has 1 atom stereocenters. The fourth-order valence-electron chi connectivity index (χ4n) is 6.92. The first kappa shape index (κ1) is 56.4. The van der Waals surface area contributed by atoms with Crippen LogP contribution < -0.4 is 0 Å². The van der Waals surface area contributed by atoms with E-state index in [9.17, 15) is 14.4 Å². The van der Waals surface area contributed by atoms with E-state index in [0.29, 0.717) is 19.3 Å². The first-order valence-corrected chi connectivity index (χ1v) is 25.1. The molecule has 1 unspecified atom stereocenters. The maximum Gasteiger partial charge on any atom is 0.306 e. The normalized spacial score (nSPS) is 12.4. The molecular weight excluding hydrogens is 733 g/mol. The molecule has 0 aromatic heterocycles. The highest BCUT2D eigenvalue weighted by molar-refractivity contribution is 5.71. The van der Waals surface area contributed by atoms with Crippen molar-refractivity contribution in [2.45, 2.75) is 258 Å². The Kier molecular flexibility index (Phi) is 45.9. The van der Waals surface area contributed by atoms with Crippen molar-refractivity contribution in [1.29, 1.82) is 0 Å². The van der Waals surface area contributed by atoms with Crippen LogP contribution in [0.3, 0.4) is 0 Å². The summed E-state index contributed by atoms with van der Waals surface area (Å²) in [5.41, 5.74) is 0. The number of carbonyl (C=O) groups excluding carboxylic acids is 3. The molecule has 0 aromatic carbocycles. The van der Waals surface area contributed by atoms with E-state index in [-0.39, 0.29) is 31.1 Å². The highest BCUT2D eigenvalue weighted by atomic mass is 16.6. The molecule has 0 saturated carbocycles. The Morgan fingerprint density at radius 2 is 0.627 bits per heavy atom. The standard InChI is InChI=1S/C53H94O6/c1-4-7-10-13-16-19-22-24-25-26-27-28-29-32-34-37-40-43-46-52(55)58-49-50(48-57-51(54)45-42-39-36-33-30-21-18-15-12-9-6-3)59-53(56)47-44-41-38-35-31-23-20-17-14-11-8-5-2/h15,17-20,22,25-26,50H,4-14,16,21,23-24,27-49H2,1-3H3/b18-15-,20-17-,22-19-,26-25-. The summed E-state index contributed by atoms with van der Waals surface area (Å²) in [7, 11) is 0. The second-order valence-electron chi connectivity index (χ2n) is 16.7. The second kappa shape index (κ2) is 48.0. The Morgan fingerprint density at radius 3 is 1.03 bits per heavy atom. The second-order valence-corrected chi connectivity index (χ2v) is 16.7. The summed E-state index contributed by atoms with van der Waals surface area (Å²) in [5.74, 6) is -0.906. The van der Waals surface area contributed by atoms with Gasteiger partial charge >= 0.3 is 17.9 Å². The Bertz CT molecular complexity index is 1040. The summed E-state index contributed by atoms with van der Waals surface area (Å²) in [6, 6.07) is 0. The van der Waals surface area contributed by atoms with Crippen LogP contribution in [0.25, 0.3) is 0 Å². The molecule has 0 heterocycles. The van der Waals surface area contributed by atoms with Crippen molar-refractivity contribution in [3.8, 4) is 0 Å². The Labute approximate surface area is 365 Å². The number of ether oxygens (including phenoxy) is 3. The molecule has 6 nitrogen and oxygen atoms in total. The van der Waals surface area contributed by atoms with Crippen molar-refractivity contribution in [2.24, 2.45) is 0 Å². The van der Waals surface area contributed by atoms with E-state index in [4.69, 9.17) is 14.2 Å². The van der Waals surface area contributed by atoms with Gasteiger partial charge in [-0.3, -0.25) is 14.4 Å². The third-order valence-electron chi connectivity index (χ3n) is 10.8. The van der Waals surface area contributed by atoms with Crippen LogP contribution in [0.2, 0.25) is 0 Å². The molecule has 0 fully saturated rings. The molecule has 6 heteroatoms. The summed E-state index contributed by atoms with van der Waals surface area (Å²) < 4.78 is 16.7. The Morgan fingerprint density at radius 1 is 0.339 bits per heavy atom. The maximum atomic E-state index is 12.7. The molecule has 0 N–H and O–H groups in total. The lowest BCUT2D eigenvalue weighted by molar-refractivity contribution is -0.167. The zero-order valence-electron chi connectivity index (χ0n) is 39.0. The number of rotatable bonds is 45. The highest BCUT2D eigenvalue weighted by Gasteiger charge is 2.19. The minimum absolute atomic E-state index is 0.0829. The van der Waals surface area contributed by atoms with E-state index in [0.717, 1.165) is 89.9 Å². The van der Waals surface area contributed by atoms with Gasteiger partial charge in [0.15, 0.2) is 6.10 Å². The summed E-state index contributed by atoms with van der Waals surface area (Å²) >= 11 is 0. The molecule has 0 aliphatic rings. The van der Waals surface area contributed by atoms with Gasteiger partial charge in [0.05, 0.1) is 0 Å². The van der Waals surface area contributed by atoms with Crippen LogP contribution in [0.1, 0.15) is 252 Å². The van der Waals surface area contributed by atoms with Gasteiger partial charge in [0.1, 0.15) is 13.2 Å². The molecule has 0 saturated heterocycles. The molecule has 59 heavy (non-hydrogen) atoms. The molecule has 0 spiro atoms. The summed E-state index contributed by atoms with van der Waals surface area (Å²) in [6.07, 6.45) is 56.6. The predicted molar refractivity (Wildman–Crippen MR) is 252 cm³/mol. The smallest absolute Gasteiger partial charge is 0.306 e. The molecule has 0 bridgehead atoms. The maximum absolute atomic E-state index is 12.7. The van der Waals surface area contributed by atoms with Crippen LogP contribution in [0.15, 0.2) is 48.6 Å². The van der Waals surface area contributed by atoms with Crippen LogP contribution in [0.4, 0.5) is 0 Å². The van der Waals surface area contributed by atoms with E-state index in [1.54, 1.807) is 0 Å². The van der Waals surface area contributed by atoms with Crippen molar-refractivity contribution in [1.82, 2.24) is 0 Å². The average Bonchev–Trinajstić information content (AvgIpc) is 3.23. The summed E-state index contributed by atoms with van der Waals surface area (Å²) in [4.78, 5) is 37.9. The predicted octanol–water partition coefficient (Wildman–Crippen LogP) is 16.3. The monoisotopic (exact) mass is 827 g/mol. The SMILES string of the molecule is CCCC/C=C\CCCCCCCC(=O)OCC(COC(=O)CCCCCCCCC/C=C\C/C=C\CCCCCC)OC(=O)CCCCCCC/C=C\CCCCC. The largest absolute Gasteiger partial charge is 0.462 e. The van der Waals surface area contributed by atoms with Gasteiger partial charge in [-0.25, -0.2) is 0 Å². The molecule has 0 aromatic rings. The first-order valence-electron chi connectivity index (χ1n) is 25.1. The molecule has 342 valence electrons. The topological polar surface area (TPSA) is 78.9 Å². The lowest BCUT2D eigenvalue weighted by Gasteiger charge is -2.18. The number of allylic oxidation sites excluding steroid dienone is 8. The number of hydrogen-bond donors (Lipinski definition) is 0. The third-order valence-corrected chi connectivity index (χ3v) is 10.8. The van der Waals surface area contributed by atoms with Gasteiger partial charge in [-0.15, -0.1) is 0 Å². The minimum Gasteiger partial charge on any atom is -0.462 e.